The molecule has 0 fully saturated rings. The first-order valence-electron chi connectivity index (χ1n) is 9.19. The van der Waals surface area contributed by atoms with Crippen LogP contribution in [0.25, 0.3) is 16.5 Å². The molecule has 0 aliphatic carbocycles. The minimum absolute atomic E-state index is 0.00828. The number of aliphatic hydroxyl groups is 1. The molecule has 146 valence electrons. The molecule has 2 N–H and O–H groups in total. The Morgan fingerprint density at radius 3 is 2.70 bits per heavy atom. The first-order chi connectivity index (χ1) is 12.9. The molecule has 0 radical (unpaired) electrons. The van der Waals surface area contributed by atoms with Gasteiger partial charge in [0, 0.05) is 36.8 Å². The Morgan fingerprint density at radius 2 is 2.07 bits per heavy atom. The van der Waals surface area contributed by atoms with Gasteiger partial charge in [0.15, 0.2) is 11.6 Å². The summed E-state index contributed by atoms with van der Waals surface area (Å²) in [5.41, 5.74) is 1.56. The van der Waals surface area contributed by atoms with E-state index < -0.39 is 23.6 Å². The van der Waals surface area contributed by atoms with Crippen LogP contribution >= 0.6 is 0 Å². The predicted molar refractivity (Wildman–Crippen MR) is 101 cm³/mol. The summed E-state index contributed by atoms with van der Waals surface area (Å²) in [5, 5.41) is 10.1. The average Bonchev–Trinajstić information content (AvgIpc) is 3.15. The number of H-pyrrole nitrogens is 1. The second kappa shape index (κ2) is 7.78. The van der Waals surface area contributed by atoms with E-state index >= 15 is 0 Å². The number of aromatic nitrogens is 1. The summed E-state index contributed by atoms with van der Waals surface area (Å²) in [7, 11) is 1.82. The molecule has 1 aromatic heterocycles. The fraction of sp³-hybridized carbons (Fsp3) is 0.450. The van der Waals surface area contributed by atoms with E-state index in [9.17, 15) is 18.7 Å². The van der Waals surface area contributed by atoms with Gasteiger partial charge in [0.25, 0.3) is 0 Å². The number of hydrogen-bond donors (Lipinski definition) is 2. The Morgan fingerprint density at radius 1 is 1.37 bits per heavy atom. The molecular weight excluding hydrogens is 352 g/mol. The minimum Gasteiger partial charge on any atom is -0.394 e. The number of nitrogens with zero attached hydrogens (tertiary/aromatic N) is 2. The van der Waals surface area contributed by atoms with Gasteiger partial charge in [-0.3, -0.25) is 9.69 Å². The molecule has 0 unspecified atom stereocenters. The maximum Gasteiger partial charge on any atom is 0.230 e. The lowest BCUT2D eigenvalue weighted by Crippen LogP contribution is -2.47. The van der Waals surface area contributed by atoms with Crippen LogP contribution < -0.4 is 0 Å². The van der Waals surface area contributed by atoms with Crippen molar-refractivity contribution in [1.29, 1.82) is 0 Å². The van der Waals surface area contributed by atoms with E-state index in [0.717, 1.165) is 6.07 Å². The van der Waals surface area contributed by atoms with Crippen molar-refractivity contribution in [3.05, 3.63) is 41.6 Å². The lowest BCUT2D eigenvalue weighted by Gasteiger charge is -2.37. The van der Waals surface area contributed by atoms with Gasteiger partial charge in [-0.1, -0.05) is 6.08 Å². The van der Waals surface area contributed by atoms with Crippen molar-refractivity contribution < 1.29 is 18.7 Å². The lowest BCUT2D eigenvalue weighted by atomic mass is 9.87. The zero-order chi connectivity index (χ0) is 19.7. The van der Waals surface area contributed by atoms with E-state index in [4.69, 9.17) is 0 Å². The highest BCUT2D eigenvalue weighted by molar-refractivity contribution is 5.94. The largest absolute Gasteiger partial charge is 0.394 e. The molecule has 1 aliphatic heterocycles. The number of nitrogens with one attached hydrogen (secondary N) is 1. The molecule has 0 spiro atoms. The molecule has 27 heavy (non-hydrogen) atoms. The number of hydrogen-bond acceptors (Lipinski definition) is 3. The molecule has 7 heteroatoms. The third-order valence-corrected chi connectivity index (χ3v) is 5.37. The van der Waals surface area contributed by atoms with E-state index in [-0.39, 0.29) is 17.9 Å². The van der Waals surface area contributed by atoms with Gasteiger partial charge in [0.05, 0.1) is 24.1 Å². The molecule has 5 nitrogen and oxygen atoms in total. The molecular formula is C20H25F2N3O2. The molecule has 2 aromatic rings. The molecule has 0 saturated heterocycles. The highest BCUT2D eigenvalue weighted by Gasteiger charge is 2.34. The van der Waals surface area contributed by atoms with Gasteiger partial charge in [-0.05, 0) is 38.6 Å². The van der Waals surface area contributed by atoms with Crippen LogP contribution in [0.15, 0.2) is 24.4 Å². The molecule has 1 amide bonds. The van der Waals surface area contributed by atoms with E-state index in [1.54, 1.807) is 17.2 Å². The number of rotatable bonds is 5. The summed E-state index contributed by atoms with van der Waals surface area (Å²) in [6.07, 6.45) is 3.35. The van der Waals surface area contributed by atoms with Crippen LogP contribution in [0.4, 0.5) is 8.78 Å². The van der Waals surface area contributed by atoms with E-state index in [0.29, 0.717) is 36.3 Å². The van der Waals surface area contributed by atoms with Crippen LogP contribution in [0.2, 0.25) is 0 Å². The summed E-state index contributed by atoms with van der Waals surface area (Å²) in [4.78, 5) is 19.5. The molecule has 3 rings (SSSR count). The number of halogens is 2. The Kier molecular flexibility index (Phi) is 5.62. The second-order valence-electron chi connectivity index (χ2n) is 6.86. The topological polar surface area (TPSA) is 59.6 Å². The van der Waals surface area contributed by atoms with E-state index in [1.165, 1.54) is 6.07 Å². The van der Waals surface area contributed by atoms with Crippen molar-refractivity contribution in [2.45, 2.75) is 19.9 Å². The van der Waals surface area contributed by atoms with Crippen molar-refractivity contribution in [3.8, 4) is 0 Å². The zero-order valence-corrected chi connectivity index (χ0v) is 15.8. The standard InChI is InChI=1S/C20H25F2N3O2/c1-4-25(5-2)20(27)12-8-14(17(11-26)24(3)10-12)15-9-16(21)18(22)13-6-7-23-19(13)15/h6-9,12,17,23,26H,4-5,10-11H2,1-3H3/t12-,17-/m1/s1. The predicted octanol–water partition coefficient (Wildman–Crippen LogP) is 2.62. The Labute approximate surface area is 157 Å². The fourth-order valence-corrected chi connectivity index (χ4v) is 3.88. The quantitative estimate of drug-likeness (QED) is 0.842. The third kappa shape index (κ3) is 3.37. The van der Waals surface area contributed by atoms with Crippen LogP contribution in [-0.4, -0.2) is 65.1 Å². The van der Waals surface area contributed by atoms with Gasteiger partial charge in [-0.15, -0.1) is 0 Å². The first kappa shape index (κ1) is 19.5. The molecule has 1 aliphatic rings. The summed E-state index contributed by atoms with van der Waals surface area (Å²) in [5.74, 6) is -2.28. The van der Waals surface area contributed by atoms with Crippen LogP contribution in [0.5, 0.6) is 0 Å². The number of amides is 1. The van der Waals surface area contributed by atoms with Crippen LogP contribution in [-0.2, 0) is 4.79 Å². The number of fused-ring (bicyclic) bond motifs is 1. The normalized spacial score (nSPS) is 20.7. The van der Waals surface area contributed by atoms with Crippen molar-refractivity contribution in [3.63, 3.8) is 0 Å². The molecule has 2 atom stereocenters. The number of carbonyl (C=O) groups excluding carboxylic acids is 1. The van der Waals surface area contributed by atoms with Crippen LogP contribution in [0, 0.1) is 17.6 Å². The van der Waals surface area contributed by atoms with Crippen molar-refractivity contribution in [1.82, 2.24) is 14.8 Å². The van der Waals surface area contributed by atoms with Crippen molar-refractivity contribution in [2.75, 3.05) is 33.3 Å². The van der Waals surface area contributed by atoms with Gasteiger partial charge in [-0.2, -0.15) is 0 Å². The maximum absolute atomic E-state index is 14.2. The van der Waals surface area contributed by atoms with Gasteiger partial charge in [-0.25, -0.2) is 8.78 Å². The Hall–Kier alpha value is -2.25. The van der Waals surface area contributed by atoms with Crippen molar-refractivity contribution >= 4 is 22.4 Å². The van der Waals surface area contributed by atoms with Gasteiger partial charge < -0.3 is 15.0 Å². The summed E-state index contributed by atoms with van der Waals surface area (Å²) in [6, 6.07) is 2.22. The number of likely N-dealkylation sites (N-methyl/N-ethyl adjacent to an activating group) is 1. The number of carbonyl (C=O) groups is 1. The Balaban J connectivity index is 2.14. The van der Waals surface area contributed by atoms with Gasteiger partial charge in [0.1, 0.15) is 0 Å². The van der Waals surface area contributed by atoms with Gasteiger partial charge in [0.2, 0.25) is 5.91 Å². The number of aromatic amines is 1. The number of benzene rings is 1. The van der Waals surface area contributed by atoms with E-state index in [1.807, 2.05) is 25.8 Å². The highest BCUT2D eigenvalue weighted by Crippen LogP contribution is 2.35. The molecule has 2 heterocycles. The summed E-state index contributed by atoms with van der Waals surface area (Å²) >= 11 is 0. The zero-order valence-electron chi connectivity index (χ0n) is 15.8. The molecule has 1 aromatic carbocycles. The smallest absolute Gasteiger partial charge is 0.230 e. The Bertz CT molecular complexity index is 873. The van der Waals surface area contributed by atoms with Crippen molar-refractivity contribution in [2.24, 2.45) is 5.92 Å². The van der Waals surface area contributed by atoms with Crippen LogP contribution in [0.1, 0.15) is 19.4 Å². The first-order valence-corrected chi connectivity index (χ1v) is 9.19. The fourth-order valence-electron chi connectivity index (χ4n) is 3.88. The maximum atomic E-state index is 14.2. The second-order valence-corrected chi connectivity index (χ2v) is 6.86. The SMILES string of the molecule is CCN(CC)C(=O)[C@@H]1C=C(c2cc(F)c(F)c3cc[nH]c23)[C@@H](CO)N(C)C1. The average molecular weight is 377 g/mol. The minimum atomic E-state index is -0.950. The highest BCUT2D eigenvalue weighted by atomic mass is 19.2. The monoisotopic (exact) mass is 377 g/mol. The summed E-state index contributed by atoms with van der Waals surface area (Å²) < 4.78 is 28.3. The number of aliphatic hydroxyl groups excluding tert-OH is 1. The third-order valence-electron chi connectivity index (χ3n) is 5.37. The molecule has 0 saturated carbocycles. The van der Waals surface area contributed by atoms with Gasteiger partial charge >= 0.3 is 0 Å². The summed E-state index contributed by atoms with van der Waals surface area (Å²) in [6.45, 7) is 5.33. The van der Waals surface area contributed by atoms with E-state index in [2.05, 4.69) is 4.98 Å². The lowest BCUT2D eigenvalue weighted by molar-refractivity contribution is -0.134. The van der Waals surface area contributed by atoms with Crippen LogP contribution in [0.3, 0.4) is 0 Å². The molecule has 0 bridgehead atoms.